The molecular formula is C10H18O5S. The molecule has 16 heavy (non-hydrogen) atoms. The molecule has 0 aromatic heterocycles. The van der Waals surface area contributed by atoms with Crippen molar-refractivity contribution in [1.29, 1.82) is 0 Å². The highest BCUT2D eigenvalue weighted by Crippen LogP contribution is 2.05. The second-order valence-corrected chi connectivity index (χ2v) is 3.84. The maximum absolute atomic E-state index is 10.4. The molecule has 6 heteroatoms. The molecule has 0 spiro atoms. The Labute approximate surface area is 96.1 Å². The van der Waals surface area contributed by atoms with Crippen LogP contribution in [-0.4, -0.2) is 36.4 Å². The first-order valence-electron chi connectivity index (χ1n) is 4.68. The van der Waals surface area contributed by atoms with Gasteiger partial charge in [-0.05, 0) is 26.0 Å². The third-order valence-corrected chi connectivity index (χ3v) is 1.91. The van der Waals surface area contributed by atoms with Gasteiger partial charge >= 0.3 is 0 Å². The summed E-state index contributed by atoms with van der Waals surface area (Å²) in [5.74, 6) is 0. The van der Waals surface area contributed by atoms with E-state index in [2.05, 4.69) is 0 Å². The molecule has 3 N–H and O–H groups in total. The van der Waals surface area contributed by atoms with Crippen molar-refractivity contribution in [2.45, 2.75) is 18.7 Å². The molecule has 0 radical (unpaired) electrons. The standard InChI is InChI=1S/C6H6O3S.2C2H6O/c7-10(8,9)6-4-2-1-3-5-6;2*1-2-3/h1-5H,(H,7,8,9);2*3H,2H2,1H3. The van der Waals surface area contributed by atoms with Crippen LogP contribution >= 0.6 is 0 Å². The second kappa shape index (κ2) is 10.6. The zero-order valence-corrected chi connectivity index (χ0v) is 10.2. The van der Waals surface area contributed by atoms with Gasteiger partial charge in [-0.25, -0.2) is 0 Å². The summed E-state index contributed by atoms with van der Waals surface area (Å²) in [6.07, 6.45) is 0. The van der Waals surface area contributed by atoms with Crippen molar-refractivity contribution >= 4 is 10.1 Å². The molecule has 0 aliphatic carbocycles. The molecule has 0 bridgehead atoms. The summed E-state index contributed by atoms with van der Waals surface area (Å²) in [7, 11) is -4.00. The lowest BCUT2D eigenvalue weighted by Gasteiger charge is -1.92. The fourth-order valence-corrected chi connectivity index (χ4v) is 1.09. The third kappa shape index (κ3) is 11.1. The van der Waals surface area contributed by atoms with Crippen molar-refractivity contribution in [3.05, 3.63) is 30.3 Å². The Morgan fingerprint density at radius 3 is 1.50 bits per heavy atom. The van der Waals surface area contributed by atoms with E-state index >= 15 is 0 Å². The van der Waals surface area contributed by atoms with Crippen molar-refractivity contribution in [2.24, 2.45) is 0 Å². The van der Waals surface area contributed by atoms with Gasteiger partial charge in [0.15, 0.2) is 0 Å². The van der Waals surface area contributed by atoms with Crippen molar-refractivity contribution in [2.75, 3.05) is 13.2 Å². The molecule has 0 atom stereocenters. The number of hydrogen-bond acceptors (Lipinski definition) is 4. The molecule has 0 unspecified atom stereocenters. The molecule has 0 amide bonds. The summed E-state index contributed by atoms with van der Waals surface area (Å²) in [6, 6.07) is 7.42. The molecule has 0 heterocycles. The molecule has 0 aliphatic rings. The van der Waals surface area contributed by atoms with Crippen molar-refractivity contribution < 1.29 is 23.2 Å². The van der Waals surface area contributed by atoms with Gasteiger partial charge in [-0.2, -0.15) is 8.42 Å². The predicted octanol–water partition coefficient (Wildman–Crippen LogP) is 0.931. The summed E-state index contributed by atoms with van der Waals surface area (Å²) in [5.41, 5.74) is 0. The lowest BCUT2D eigenvalue weighted by atomic mass is 10.4. The summed E-state index contributed by atoms with van der Waals surface area (Å²) in [6.45, 7) is 3.86. The Morgan fingerprint density at radius 1 is 1.00 bits per heavy atom. The van der Waals surface area contributed by atoms with E-state index in [9.17, 15) is 8.42 Å². The minimum absolute atomic E-state index is 0.0741. The predicted molar refractivity (Wildman–Crippen MR) is 61.8 cm³/mol. The van der Waals surface area contributed by atoms with Gasteiger partial charge in [0.05, 0.1) is 4.90 Å². The van der Waals surface area contributed by atoms with Gasteiger partial charge in [0.25, 0.3) is 10.1 Å². The fourth-order valence-electron chi connectivity index (χ4n) is 0.592. The van der Waals surface area contributed by atoms with Gasteiger partial charge in [-0.1, -0.05) is 18.2 Å². The smallest absolute Gasteiger partial charge is 0.294 e. The quantitative estimate of drug-likeness (QED) is 0.644. The monoisotopic (exact) mass is 250 g/mol. The SMILES string of the molecule is CCO.CCO.O=S(=O)(O)c1ccccc1. The van der Waals surface area contributed by atoms with Crippen LogP contribution < -0.4 is 0 Å². The molecule has 1 aromatic carbocycles. The van der Waals surface area contributed by atoms with E-state index < -0.39 is 10.1 Å². The van der Waals surface area contributed by atoms with Gasteiger partial charge in [-0.15, -0.1) is 0 Å². The summed E-state index contributed by atoms with van der Waals surface area (Å²) in [5, 5.41) is 15.1. The van der Waals surface area contributed by atoms with Crippen molar-refractivity contribution in [3.8, 4) is 0 Å². The molecule has 0 saturated heterocycles. The Kier molecular flexibility index (Phi) is 11.5. The number of aliphatic hydroxyl groups is 2. The van der Waals surface area contributed by atoms with Gasteiger partial charge < -0.3 is 10.2 Å². The van der Waals surface area contributed by atoms with Gasteiger partial charge in [0.2, 0.25) is 0 Å². The zero-order chi connectivity index (χ0) is 13.0. The molecule has 0 fully saturated rings. The molecule has 1 rings (SSSR count). The van der Waals surface area contributed by atoms with Crippen LogP contribution in [0.15, 0.2) is 35.2 Å². The van der Waals surface area contributed by atoms with Crippen LogP contribution in [0.1, 0.15) is 13.8 Å². The van der Waals surface area contributed by atoms with Crippen LogP contribution in [0.4, 0.5) is 0 Å². The number of benzene rings is 1. The van der Waals surface area contributed by atoms with Crippen LogP contribution in [-0.2, 0) is 10.1 Å². The fraction of sp³-hybridized carbons (Fsp3) is 0.400. The topological polar surface area (TPSA) is 94.8 Å². The van der Waals surface area contributed by atoms with Crippen LogP contribution in [0.5, 0.6) is 0 Å². The van der Waals surface area contributed by atoms with Gasteiger partial charge in [0.1, 0.15) is 0 Å². The Balaban J connectivity index is 0. The lowest BCUT2D eigenvalue weighted by Crippen LogP contribution is -1.96. The molecule has 0 aliphatic heterocycles. The highest BCUT2D eigenvalue weighted by atomic mass is 32.2. The first-order chi connectivity index (χ1) is 7.43. The first kappa shape index (κ1) is 17.4. The normalized spacial score (nSPS) is 9.31. The Bertz CT molecular complexity index is 331. The first-order valence-corrected chi connectivity index (χ1v) is 6.12. The van der Waals surface area contributed by atoms with Crippen LogP contribution in [0, 0.1) is 0 Å². The Morgan fingerprint density at radius 2 is 1.31 bits per heavy atom. The highest BCUT2D eigenvalue weighted by Gasteiger charge is 2.05. The zero-order valence-electron chi connectivity index (χ0n) is 9.37. The third-order valence-electron chi connectivity index (χ3n) is 1.04. The van der Waals surface area contributed by atoms with Crippen molar-refractivity contribution in [1.82, 2.24) is 0 Å². The maximum atomic E-state index is 10.4. The minimum Gasteiger partial charge on any atom is -0.397 e. The average molecular weight is 250 g/mol. The number of aliphatic hydroxyl groups excluding tert-OH is 2. The van der Waals surface area contributed by atoms with Gasteiger partial charge in [-0.3, -0.25) is 4.55 Å². The number of rotatable bonds is 1. The molecule has 0 saturated carbocycles. The Hall–Kier alpha value is -0.950. The van der Waals surface area contributed by atoms with E-state index in [1.165, 1.54) is 12.1 Å². The van der Waals surface area contributed by atoms with E-state index in [4.69, 9.17) is 14.8 Å². The lowest BCUT2D eigenvalue weighted by molar-refractivity contribution is 0.318. The molecule has 1 aromatic rings. The summed E-state index contributed by atoms with van der Waals surface area (Å²) in [4.78, 5) is -0.0741. The average Bonchev–Trinajstić information content (AvgIpc) is 2.20. The maximum Gasteiger partial charge on any atom is 0.294 e. The highest BCUT2D eigenvalue weighted by molar-refractivity contribution is 7.85. The molecule has 94 valence electrons. The summed E-state index contributed by atoms with van der Waals surface area (Å²) >= 11 is 0. The van der Waals surface area contributed by atoms with E-state index in [-0.39, 0.29) is 18.1 Å². The van der Waals surface area contributed by atoms with Gasteiger partial charge in [0, 0.05) is 13.2 Å². The van der Waals surface area contributed by atoms with E-state index in [1.807, 2.05) is 0 Å². The minimum atomic E-state index is -4.00. The largest absolute Gasteiger partial charge is 0.397 e. The van der Waals surface area contributed by atoms with E-state index in [0.29, 0.717) is 0 Å². The van der Waals surface area contributed by atoms with E-state index in [1.54, 1.807) is 32.0 Å². The van der Waals surface area contributed by atoms with Crippen molar-refractivity contribution in [3.63, 3.8) is 0 Å². The van der Waals surface area contributed by atoms with Crippen LogP contribution in [0.3, 0.4) is 0 Å². The molecule has 5 nitrogen and oxygen atoms in total. The van der Waals surface area contributed by atoms with Crippen LogP contribution in [0.2, 0.25) is 0 Å². The van der Waals surface area contributed by atoms with E-state index in [0.717, 1.165) is 0 Å². The molecular weight excluding hydrogens is 232 g/mol. The summed E-state index contributed by atoms with van der Waals surface area (Å²) < 4.78 is 29.2. The number of hydrogen-bond donors (Lipinski definition) is 3. The van der Waals surface area contributed by atoms with Crippen LogP contribution in [0.25, 0.3) is 0 Å². The second-order valence-electron chi connectivity index (χ2n) is 2.42.